The first kappa shape index (κ1) is 13.4. The molecular weight excluding hydrogens is 259 g/mol. The molecular formula is C13H10F3NO2. The van der Waals surface area contributed by atoms with Crippen molar-refractivity contribution in [1.82, 2.24) is 4.98 Å². The first-order valence-corrected chi connectivity index (χ1v) is 5.36. The van der Waals surface area contributed by atoms with Gasteiger partial charge in [0.05, 0.1) is 7.11 Å². The van der Waals surface area contributed by atoms with E-state index in [-0.39, 0.29) is 11.4 Å². The molecule has 0 fully saturated rings. The molecule has 2 aromatic rings. The molecule has 0 aliphatic rings. The zero-order valence-corrected chi connectivity index (χ0v) is 9.90. The van der Waals surface area contributed by atoms with Gasteiger partial charge in [0.25, 0.3) is 0 Å². The Hall–Kier alpha value is -2.08. The van der Waals surface area contributed by atoms with E-state index in [1.165, 1.54) is 19.4 Å². The Labute approximate surface area is 107 Å². The van der Waals surface area contributed by atoms with Gasteiger partial charge in [-0.3, -0.25) is 4.98 Å². The van der Waals surface area contributed by atoms with Crippen molar-refractivity contribution in [2.75, 3.05) is 7.11 Å². The number of nitrogens with zero attached hydrogens (tertiary/aromatic N) is 1. The number of ether oxygens (including phenoxy) is 1. The van der Waals surface area contributed by atoms with E-state index in [0.717, 1.165) is 0 Å². The molecule has 100 valence electrons. The van der Waals surface area contributed by atoms with Crippen LogP contribution in [0.25, 0.3) is 0 Å². The summed E-state index contributed by atoms with van der Waals surface area (Å²) in [6, 6.07) is 4.06. The summed E-state index contributed by atoms with van der Waals surface area (Å²) in [6.07, 6.45) is -0.176. The van der Waals surface area contributed by atoms with Gasteiger partial charge >= 0.3 is 0 Å². The van der Waals surface area contributed by atoms with E-state index in [2.05, 4.69) is 4.98 Å². The zero-order valence-electron chi connectivity index (χ0n) is 9.90. The number of hydrogen-bond donors (Lipinski definition) is 1. The molecule has 1 heterocycles. The van der Waals surface area contributed by atoms with Gasteiger partial charge in [-0.15, -0.1) is 0 Å². The molecule has 6 heteroatoms. The van der Waals surface area contributed by atoms with Crippen molar-refractivity contribution in [3.63, 3.8) is 0 Å². The molecule has 1 unspecified atom stereocenters. The zero-order chi connectivity index (χ0) is 14.0. The second-order valence-corrected chi connectivity index (χ2v) is 3.78. The largest absolute Gasteiger partial charge is 0.495 e. The highest BCUT2D eigenvalue weighted by Crippen LogP contribution is 2.30. The molecule has 0 aliphatic heterocycles. The van der Waals surface area contributed by atoms with Gasteiger partial charge in [-0.1, -0.05) is 0 Å². The number of hydrogen-bond acceptors (Lipinski definition) is 3. The molecule has 1 N–H and O–H groups in total. The summed E-state index contributed by atoms with van der Waals surface area (Å²) in [5.74, 6) is -3.40. The average Bonchev–Trinajstić information content (AvgIpc) is 2.42. The Bertz CT molecular complexity index is 604. The second-order valence-electron chi connectivity index (χ2n) is 3.78. The van der Waals surface area contributed by atoms with Gasteiger partial charge < -0.3 is 9.84 Å². The van der Waals surface area contributed by atoms with E-state index >= 15 is 0 Å². The lowest BCUT2D eigenvalue weighted by Crippen LogP contribution is -2.08. The van der Waals surface area contributed by atoms with Crippen LogP contribution in [0.3, 0.4) is 0 Å². The van der Waals surface area contributed by atoms with Gasteiger partial charge in [0.1, 0.15) is 23.4 Å². The molecule has 0 bridgehead atoms. The Morgan fingerprint density at radius 1 is 1.16 bits per heavy atom. The Kier molecular flexibility index (Phi) is 3.71. The molecule has 2 rings (SSSR count). The van der Waals surface area contributed by atoms with E-state index < -0.39 is 29.1 Å². The highest BCUT2D eigenvalue weighted by Gasteiger charge is 2.22. The van der Waals surface area contributed by atoms with Gasteiger partial charge in [-0.05, 0) is 18.2 Å². The van der Waals surface area contributed by atoms with Crippen LogP contribution in [0.4, 0.5) is 13.2 Å². The SMILES string of the molecule is COc1cccnc1C(O)c1cc(F)c(F)cc1F. The number of aliphatic hydroxyl groups is 1. The average molecular weight is 269 g/mol. The predicted molar refractivity (Wildman–Crippen MR) is 61.2 cm³/mol. The molecule has 0 spiro atoms. The lowest BCUT2D eigenvalue weighted by molar-refractivity contribution is 0.203. The van der Waals surface area contributed by atoms with Gasteiger partial charge in [-0.2, -0.15) is 0 Å². The minimum atomic E-state index is -1.55. The third-order valence-corrected chi connectivity index (χ3v) is 2.61. The summed E-state index contributed by atoms with van der Waals surface area (Å²) in [7, 11) is 1.36. The van der Waals surface area contributed by atoms with Crippen LogP contribution in [0.1, 0.15) is 17.4 Å². The number of aromatic nitrogens is 1. The lowest BCUT2D eigenvalue weighted by atomic mass is 10.0. The van der Waals surface area contributed by atoms with Crippen molar-refractivity contribution in [3.05, 3.63) is 59.2 Å². The summed E-state index contributed by atoms with van der Waals surface area (Å²) in [4.78, 5) is 3.86. The van der Waals surface area contributed by atoms with Crippen molar-refractivity contribution < 1.29 is 23.0 Å². The Balaban J connectivity index is 2.50. The summed E-state index contributed by atoms with van der Waals surface area (Å²) in [5, 5.41) is 10.0. The first-order valence-electron chi connectivity index (χ1n) is 5.36. The third kappa shape index (κ3) is 2.53. The number of rotatable bonds is 3. The molecule has 3 nitrogen and oxygen atoms in total. The van der Waals surface area contributed by atoms with Crippen molar-refractivity contribution in [3.8, 4) is 5.75 Å². The van der Waals surface area contributed by atoms with Crippen molar-refractivity contribution in [1.29, 1.82) is 0 Å². The maximum atomic E-state index is 13.6. The quantitative estimate of drug-likeness (QED) is 0.871. The van der Waals surface area contributed by atoms with E-state index in [1.54, 1.807) is 6.07 Å². The Morgan fingerprint density at radius 2 is 1.84 bits per heavy atom. The van der Waals surface area contributed by atoms with Gasteiger partial charge in [0.2, 0.25) is 0 Å². The number of benzene rings is 1. The van der Waals surface area contributed by atoms with Crippen LogP contribution in [-0.2, 0) is 0 Å². The Morgan fingerprint density at radius 3 is 2.53 bits per heavy atom. The third-order valence-electron chi connectivity index (χ3n) is 2.61. The van der Waals surface area contributed by atoms with E-state index in [9.17, 15) is 18.3 Å². The van der Waals surface area contributed by atoms with Crippen LogP contribution in [0.2, 0.25) is 0 Å². The van der Waals surface area contributed by atoms with E-state index in [0.29, 0.717) is 12.1 Å². The molecule has 1 atom stereocenters. The molecule has 0 aliphatic carbocycles. The van der Waals surface area contributed by atoms with Crippen molar-refractivity contribution in [2.45, 2.75) is 6.10 Å². The standard InChI is InChI=1S/C13H10F3NO2/c1-19-11-3-2-4-17-12(11)13(18)7-5-9(15)10(16)6-8(7)14/h2-6,13,18H,1H3. The summed E-state index contributed by atoms with van der Waals surface area (Å²) in [6.45, 7) is 0. The highest BCUT2D eigenvalue weighted by atomic mass is 19.2. The second kappa shape index (κ2) is 5.27. The minimum Gasteiger partial charge on any atom is -0.495 e. The lowest BCUT2D eigenvalue weighted by Gasteiger charge is -2.14. The van der Waals surface area contributed by atoms with Crippen LogP contribution >= 0.6 is 0 Å². The molecule has 0 saturated carbocycles. The number of methoxy groups -OCH3 is 1. The predicted octanol–water partition coefficient (Wildman–Crippen LogP) is 2.59. The normalized spacial score (nSPS) is 12.3. The number of aliphatic hydroxyl groups excluding tert-OH is 1. The number of halogens is 3. The fourth-order valence-corrected chi connectivity index (χ4v) is 1.68. The molecule has 0 saturated heterocycles. The first-order chi connectivity index (χ1) is 9.04. The molecule has 19 heavy (non-hydrogen) atoms. The highest BCUT2D eigenvalue weighted by molar-refractivity contribution is 5.36. The summed E-state index contributed by atoms with van der Waals surface area (Å²) in [5.41, 5.74) is -0.384. The van der Waals surface area contributed by atoms with Crippen LogP contribution in [0.15, 0.2) is 30.5 Å². The van der Waals surface area contributed by atoms with Crippen LogP contribution in [-0.4, -0.2) is 17.2 Å². The maximum Gasteiger partial charge on any atom is 0.161 e. The topological polar surface area (TPSA) is 42.4 Å². The molecule has 0 radical (unpaired) electrons. The van der Waals surface area contributed by atoms with Crippen LogP contribution in [0, 0.1) is 17.5 Å². The minimum absolute atomic E-state index is 0.0231. The van der Waals surface area contributed by atoms with Gasteiger partial charge in [0, 0.05) is 17.8 Å². The van der Waals surface area contributed by atoms with Crippen LogP contribution in [0.5, 0.6) is 5.75 Å². The smallest absolute Gasteiger partial charge is 0.161 e. The summed E-state index contributed by atoms with van der Waals surface area (Å²) >= 11 is 0. The van der Waals surface area contributed by atoms with Crippen molar-refractivity contribution >= 4 is 0 Å². The van der Waals surface area contributed by atoms with Gasteiger partial charge in [0.15, 0.2) is 11.6 Å². The van der Waals surface area contributed by atoms with Crippen molar-refractivity contribution in [2.24, 2.45) is 0 Å². The molecule has 0 amide bonds. The molecule has 1 aromatic heterocycles. The summed E-state index contributed by atoms with van der Waals surface area (Å²) < 4.78 is 44.5. The van der Waals surface area contributed by atoms with E-state index in [4.69, 9.17) is 4.74 Å². The monoisotopic (exact) mass is 269 g/mol. The van der Waals surface area contributed by atoms with Crippen LogP contribution < -0.4 is 4.74 Å². The fraction of sp³-hybridized carbons (Fsp3) is 0.154. The van der Waals surface area contributed by atoms with Gasteiger partial charge in [-0.25, -0.2) is 13.2 Å². The van der Waals surface area contributed by atoms with E-state index in [1.807, 2.05) is 0 Å². The fourth-order valence-electron chi connectivity index (χ4n) is 1.68. The maximum absolute atomic E-state index is 13.6. The number of pyridine rings is 1. The molecule has 1 aromatic carbocycles.